The number of nitrogens with zero attached hydrogens (tertiary/aromatic N) is 2. The maximum absolute atomic E-state index is 12.5. The van der Waals surface area contributed by atoms with Crippen LogP contribution in [0.3, 0.4) is 0 Å². The van der Waals surface area contributed by atoms with Crippen molar-refractivity contribution in [3.05, 3.63) is 57.8 Å². The summed E-state index contributed by atoms with van der Waals surface area (Å²) in [6.07, 6.45) is 1.60. The largest absolute Gasteiger partial charge is 0.496 e. The first kappa shape index (κ1) is 16.5. The van der Waals surface area contributed by atoms with Gasteiger partial charge in [-0.1, -0.05) is 15.9 Å². The number of aromatic nitrogens is 1. The minimum atomic E-state index is -0.0841. The van der Waals surface area contributed by atoms with Gasteiger partial charge >= 0.3 is 0 Å². The first-order chi connectivity index (χ1) is 10.5. The smallest absolute Gasteiger partial charge is 0.254 e. The van der Waals surface area contributed by atoms with Gasteiger partial charge in [-0.2, -0.15) is 0 Å². The van der Waals surface area contributed by atoms with Gasteiger partial charge in [0.1, 0.15) is 5.75 Å². The average Bonchev–Trinajstić information content (AvgIpc) is 2.54. The van der Waals surface area contributed by atoms with E-state index in [9.17, 15) is 4.79 Å². The highest BCUT2D eigenvalue weighted by Gasteiger charge is 2.15. The molecule has 116 valence electrons. The summed E-state index contributed by atoms with van der Waals surface area (Å²) in [5, 5.41) is 0. The molecule has 1 aromatic heterocycles. The highest BCUT2D eigenvalue weighted by molar-refractivity contribution is 9.10. The molecule has 0 unspecified atom stereocenters. The first-order valence-corrected chi connectivity index (χ1v) is 7.57. The number of pyridine rings is 1. The Balaban J connectivity index is 2.19. The molecule has 1 heterocycles. The number of benzene rings is 1. The molecular weight excluding hydrogens is 346 g/mol. The Labute approximate surface area is 138 Å². The molecule has 0 saturated heterocycles. The van der Waals surface area contributed by atoms with E-state index in [1.54, 1.807) is 37.4 Å². The molecule has 5 nitrogen and oxygen atoms in total. The number of amides is 1. The minimum Gasteiger partial charge on any atom is -0.496 e. The number of ether oxygens (including phenoxy) is 1. The van der Waals surface area contributed by atoms with Gasteiger partial charge in [0.15, 0.2) is 0 Å². The van der Waals surface area contributed by atoms with Crippen LogP contribution in [0.1, 0.15) is 21.6 Å². The normalized spacial score (nSPS) is 10.4. The lowest BCUT2D eigenvalue weighted by atomic mass is 10.1. The lowest BCUT2D eigenvalue weighted by molar-refractivity contribution is 0.0784. The van der Waals surface area contributed by atoms with Gasteiger partial charge in [-0.3, -0.25) is 9.78 Å². The van der Waals surface area contributed by atoms with Gasteiger partial charge in [0, 0.05) is 41.9 Å². The topological polar surface area (TPSA) is 68.5 Å². The average molecular weight is 364 g/mol. The van der Waals surface area contributed by atoms with Gasteiger partial charge in [0.05, 0.1) is 12.8 Å². The third-order valence-corrected chi connectivity index (χ3v) is 3.76. The van der Waals surface area contributed by atoms with Crippen LogP contribution in [0.2, 0.25) is 0 Å². The zero-order valence-electron chi connectivity index (χ0n) is 12.5. The van der Waals surface area contributed by atoms with E-state index < -0.39 is 0 Å². The summed E-state index contributed by atoms with van der Waals surface area (Å²) < 4.78 is 6.28. The van der Waals surface area contributed by atoms with Gasteiger partial charge in [0.2, 0.25) is 0 Å². The predicted octanol–water partition coefficient (Wildman–Crippen LogP) is 2.58. The Morgan fingerprint density at radius 2 is 2.14 bits per heavy atom. The molecule has 0 bridgehead atoms. The van der Waals surface area contributed by atoms with E-state index >= 15 is 0 Å². The SMILES string of the molecule is COc1ccc(Br)cc1CN(C)C(=O)c1ccnc(CN)c1. The van der Waals surface area contributed by atoms with E-state index in [2.05, 4.69) is 20.9 Å². The van der Waals surface area contributed by atoms with Crippen molar-refractivity contribution in [3.63, 3.8) is 0 Å². The van der Waals surface area contributed by atoms with Crippen molar-refractivity contribution in [1.29, 1.82) is 0 Å². The van der Waals surface area contributed by atoms with Crippen LogP contribution in [-0.2, 0) is 13.1 Å². The van der Waals surface area contributed by atoms with Crippen LogP contribution in [0.5, 0.6) is 5.75 Å². The number of nitrogens with two attached hydrogens (primary N) is 1. The molecule has 2 aromatic rings. The second-order valence-corrected chi connectivity index (χ2v) is 5.77. The lowest BCUT2D eigenvalue weighted by Gasteiger charge is -2.19. The molecule has 2 N–H and O–H groups in total. The number of methoxy groups -OCH3 is 1. The highest BCUT2D eigenvalue weighted by Crippen LogP contribution is 2.24. The van der Waals surface area contributed by atoms with Crippen molar-refractivity contribution in [1.82, 2.24) is 9.88 Å². The van der Waals surface area contributed by atoms with E-state index in [1.807, 2.05) is 18.2 Å². The molecule has 1 aromatic carbocycles. The molecule has 2 rings (SSSR count). The Kier molecular flexibility index (Phi) is 5.51. The fraction of sp³-hybridized carbons (Fsp3) is 0.250. The Bertz CT molecular complexity index is 676. The van der Waals surface area contributed by atoms with Crippen LogP contribution in [0, 0.1) is 0 Å². The molecule has 0 saturated carbocycles. The van der Waals surface area contributed by atoms with Crippen LogP contribution in [0.15, 0.2) is 41.0 Å². The van der Waals surface area contributed by atoms with Gasteiger partial charge in [-0.05, 0) is 30.3 Å². The summed E-state index contributed by atoms with van der Waals surface area (Å²) in [5.74, 6) is 0.666. The van der Waals surface area contributed by atoms with Crippen LogP contribution in [0.4, 0.5) is 0 Å². The fourth-order valence-electron chi connectivity index (χ4n) is 2.14. The molecule has 0 atom stereocenters. The summed E-state index contributed by atoms with van der Waals surface area (Å²) in [5.41, 5.74) is 7.76. The second kappa shape index (κ2) is 7.38. The quantitative estimate of drug-likeness (QED) is 0.886. The molecular formula is C16H18BrN3O2. The van der Waals surface area contributed by atoms with E-state index in [-0.39, 0.29) is 5.91 Å². The number of rotatable bonds is 5. The predicted molar refractivity (Wildman–Crippen MR) is 88.6 cm³/mol. The third-order valence-electron chi connectivity index (χ3n) is 3.27. The Morgan fingerprint density at radius 1 is 1.36 bits per heavy atom. The number of carbonyl (C=O) groups excluding carboxylic acids is 1. The van der Waals surface area contributed by atoms with E-state index in [4.69, 9.17) is 10.5 Å². The zero-order valence-corrected chi connectivity index (χ0v) is 14.1. The molecule has 22 heavy (non-hydrogen) atoms. The number of hydrogen-bond acceptors (Lipinski definition) is 4. The monoisotopic (exact) mass is 363 g/mol. The molecule has 0 radical (unpaired) electrons. The van der Waals surface area contributed by atoms with Crippen molar-refractivity contribution in [2.45, 2.75) is 13.1 Å². The summed E-state index contributed by atoms with van der Waals surface area (Å²) in [6, 6.07) is 9.13. The van der Waals surface area contributed by atoms with Crippen LogP contribution < -0.4 is 10.5 Å². The molecule has 0 aliphatic rings. The van der Waals surface area contributed by atoms with E-state index in [0.29, 0.717) is 24.3 Å². The second-order valence-electron chi connectivity index (χ2n) is 4.86. The summed E-state index contributed by atoms with van der Waals surface area (Å²) >= 11 is 3.44. The van der Waals surface area contributed by atoms with Gasteiger partial charge in [-0.15, -0.1) is 0 Å². The van der Waals surface area contributed by atoms with Crippen molar-refractivity contribution in [2.75, 3.05) is 14.2 Å². The maximum Gasteiger partial charge on any atom is 0.254 e. The maximum atomic E-state index is 12.5. The van der Waals surface area contributed by atoms with Crippen molar-refractivity contribution in [3.8, 4) is 5.75 Å². The van der Waals surface area contributed by atoms with Crippen molar-refractivity contribution >= 4 is 21.8 Å². The highest BCUT2D eigenvalue weighted by atomic mass is 79.9. The number of hydrogen-bond donors (Lipinski definition) is 1. The standard InChI is InChI=1S/C16H18BrN3O2/c1-20(10-12-7-13(17)3-4-15(12)22-2)16(21)11-5-6-19-14(8-11)9-18/h3-8H,9-10,18H2,1-2H3. The number of carbonyl (C=O) groups is 1. The van der Waals surface area contributed by atoms with Gasteiger partial charge in [0.25, 0.3) is 5.91 Å². The van der Waals surface area contributed by atoms with Crippen molar-refractivity contribution < 1.29 is 9.53 Å². The minimum absolute atomic E-state index is 0.0841. The summed E-state index contributed by atoms with van der Waals surface area (Å²) in [7, 11) is 3.37. The molecule has 0 fully saturated rings. The zero-order chi connectivity index (χ0) is 16.1. The molecule has 0 aliphatic carbocycles. The van der Waals surface area contributed by atoms with E-state index in [0.717, 1.165) is 15.8 Å². The third kappa shape index (κ3) is 3.84. The van der Waals surface area contributed by atoms with Gasteiger partial charge in [-0.25, -0.2) is 0 Å². The summed E-state index contributed by atoms with van der Waals surface area (Å²) in [4.78, 5) is 18.2. The number of halogens is 1. The first-order valence-electron chi connectivity index (χ1n) is 6.78. The molecule has 0 aliphatic heterocycles. The molecule has 0 spiro atoms. The summed E-state index contributed by atoms with van der Waals surface area (Å²) in [6.45, 7) is 0.756. The van der Waals surface area contributed by atoms with Gasteiger partial charge < -0.3 is 15.4 Å². The molecule has 6 heteroatoms. The lowest BCUT2D eigenvalue weighted by Crippen LogP contribution is -2.26. The van der Waals surface area contributed by atoms with Crippen LogP contribution >= 0.6 is 15.9 Å². The van der Waals surface area contributed by atoms with E-state index in [1.165, 1.54) is 0 Å². The fourth-order valence-corrected chi connectivity index (χ4v) is 2.55. The van der Waals surface area contributed by atoms with Crippen molar-refractivity contribution in [2.24, 2.45) is 5.73 Å². The Morgan fingerprint density at radius 3 is 2.82 bits per heavy atom. The van der Waals surface area contributed by atoms with Crippen LogP contribution in [0.25, 0.3) is 0 Å². The Hall–Kier alpha value is -1.92. The molecule has 1 amide bonds. The van der Waals surface area contributed by atoms with Crippen LogP contribution in [-0.4, -0.2) is 29.9 Å².